The van der Waals surface area contributed by atoms with Gasteiger partial charge in [-0.2, -0.15) is 0 Å². The Hall–Kier alpha value is -1.87. The number of halogens is 3. The summed E-state index contributed by atoms with van der Waals surface area (Å²) in [4.78, 5) is 16.1. The Bertz CT molecular complexity index is 773. The third-order valence-corrected chi connectivity index (χ3v) is 4.02. The molecule has 0 radical (unpaired) electrons. The number of benzene rings is 2. The van der Waals surface area contributed by atoms with E-state index in [9.17, 15) is 9.18 Å². The highest BCUT2D eigenvalue weighted by Gasteiger charge is 2.08. The van der Waals surface area contributed by atoms with E-state index in [4.69, 9.17) is 11.6 Å². The number of nitrogens with one attached hydrogen (secondary N) is 3. The number of nitrogens with zero attached hydrogens (tertiary/aromatic N) is 1. The molecule has 0 saturated heterocycles. The third-order valence-electron chi connectivity index (χ3n) is 3.69. The zero-order chi connectivity index (χ0) is 18.8. The summed E-state index contributed by atoms with van der Waals surface area (Å²) < 4.78 is 13.6. The second-order valence-electron chi connectivity index (χ2n) is 5.50. The molecule has 8 heteroatoms. The fourth-order valence-electron chi connectivity index (χ4n) is 2.33. The largest absolute Gasteiger partial charge is 0.356 e. The highest BCUT2D eigenvalue weighted by molar-refractivity contribution is 14.0. The van der Waals surface area contributed by atoms with Gasteiger partial charge < -0.3 is 16.0 Å². The highest BCUT2D eigenvalue weighted by Crippen LogP contribution is 2.14. The second-order valence-corrected chi connectivity index (χ2v) is 5.91. The lowest BCUT2D eigenvalue weighted by Gasteiger charge is -2.13. The monoisotopic (exact) mass is 504 g/mol. The number of guanidine groups is 1. The van der Waals surface area contributed by atoms with Gasteiger partial charge in [0.15, 0.2) is 5.96 Å². The maximum Gasteiger partial charge on any atom is 0.252 e. The van der Waals surface area contributed by atoms with Crippen LogP contribution in [0.3, 0.4) is 0 Å². The zero-order valence-electron chi connectivity index (χ0n) is 15.0. The topological polar surface area (TPSA) is 65.5 Å². The van der Waals surface area contributed by atoms with Gasteiger partial charge in [0.05, 0.1) is 10.6 Å². The molecule has 2 rings (SSSR count). The van der Waals surface area contributed by atoms with Crippen molar-refractivity contribution in [2.24, 2.45) is 4.99 Å². The lowest BCUT2D eigenvalue weighted by atomic mass is 10.1. The van der Waals surface area contributed by atoms with Crippen LogP contribution in [0.15, 0.2) is 53.5 Å². The fourth-order valence-corrected chi connectivity index (χ4v) is 2.56. The van der Waals surface area contributed by atoms with E-state index < -0.39 is 0 Å². The summed E-state index contributed by atoms with van der Waals surface area (Å²) in [5.74, 6) is 0.160. The van der Waals surface area contributed by atoms with E-state index in [1.165, 1.54) is 6.07 Å². The van der Waals surface area contributed by atoms with Crippen LogP contribution in [0.4, 0.5) is 4.39 Å². The van der Waals surface area contributed by atoms with E-state index in [2.05, 4.69) is 20.9 Å². The Morgan fingerprint density at radius 3 is 2.33 bits per heavy atom. The molecule has 0 aliphatic rings. The molecular formula is C19H23ClFIN4O. The van der Waals surface area contributed by atoms with Crippen molar-refractivity contribution in [2.75, 3.05) is 26.7 Å². The molecule has 0 bridgehead atoms. The molecule has 0 unspecified atom stereocenters. The predicted octanol–water partition coefficient (Wildman–Crippen LogP) is 3.23. The zero-order valence-corrected chi connectivity index (χ0v) is 18.1. The first-order chi connectivity index (χ1) is 12.6. The number of aliphatic imine (C=N–C) groups is 1. The fraction of sp³-hybridized carbons (Fsp3) is 0.263. The maximum atomic E-state index is 13.6. The summed E-state index contributed by atoms with van der Waals surface area (Å²) in [6.07, 6.45) is 0.552. The second kappa shape index (κ2) is 12.5. The molecule has 2 aromatic carbocycles. The van der Waals surface area contributed by atoms with Crippen LogP contribution in [0.1, 0.15) is 15.9 Å². The van der Waals surface area contributed by atoms with Crippen molar-refractivity contribution < 1.29 is 9.18 Å². The number of amides is 1. The molecular weight excluding hydrogens is 482 g/mol. The number of carbonyl (C=O) groups is 1. The van der Waals surface area contributed by atoms with Crippen molar-refractivity contribution in [1.29, 1.82) is 0 Å². The van der Waals surface area contributed by atoms with E-state index in [-0.39, 0.29) is 35.7 Å². The molecule has 146 valence electrons. The minimum atomic E-state index is -0.222. The normalized spacial score (nSPS) is 10.7. The van der Waals surface area contributed by atoms with Crippen LogP contribution < -0.4 is 16.0 Å². The van der Waals surface area contributed by atoms with Crippen LogP contribution in [0.2, 0.25) is 5.02 Å². The summed E-state index contributed by atoms with van der Waals surface area (Å²) in [5, 5.41) is 9.41. The van der Waals surface area contributed by atoms with Gasteiger partial charge in [0.2, 0.25) is 0 Å². The predicted molar refractivity (Wildman–Crippen MR) is 119 cm³/mol. The van der Waals surface area contributed by atoms with Crippen LogP contribution >= 0.6 is 35.6 Å². The first-order valence-electron chi connectivity index (χ1n) is 8.32. The molecule has 5 nitrogen and oxygen atoms in total. The summed E-state index contributed by atoms with van der Waals surface area (Å²) in [6, 6.07) is 13.6. The van der Waals surface area contributed by atoms with Crippen LogP contribution in [-0.4, -0.2) is 38.5 Å². The lowest BCUT2D eigenvalue weighted by Crippen LogP contribution is -2.42. The summed E-state index contributed by atoms with van der Waals surface area (Å²) in [7, 11) is 1.65. The Labute approximate surface area is 180 Å². The first kappa shape index (κ1) is 23.2. The standard InChI is InChI=1S/C19H22ClFN4O.HI/c1-22-19(24-11-10-14-6-2-5-9-17(14)21)25-13-12-23-18(26)15-7-3-4-8-16(15)20;/h2-9H,10-13H2,1H3,(H,23,26)(H2,22,24,25);1H. The van der Waals surface area contributed by atoms with Crippen LogP contribution in [0.5, 0.6) is 0 Å². The minimum Gasteiger partial charge on any atom is -0.356 e. The Kier molecular flexibility index (Phi) is 10.7. The molecule has 0 aromatic heterocycles. The lowest BCUT2D eigenvalue weighted by molar-refractivity contribution is 0.0954. The van der Waals surface area contributed by atoms with Crippen molar-refractivity contribution in [3.63, 3.8) is 0 Å². The molecule has 1 amide bonds. The van der Waals surface area contributed by atoms with E-state index in [1.54, 1.807) is 43.4 Å². The van der Waals surface area contributed by atoms with Gasteiger partial charge in [0.1, 0.15) is 5.82 Å². The van der Waals surface area contributed by atoms with E-state index in [1.807, 2.05) is 6.07 Å². The number of hydrogen-bond acceptors (Lipinski definition) is 2. The molecule has 0 heterocycles. The molecule has 27 heavy (non-hydrogen) atoms. The van der Waals surface area contributed by atoms with Crippen LogP contribution in [0.25, 0.3) is 0 Å². The molecule has 0 saturated carbocycles. The molecule has 0 spiro atoms. The minimum absolute atomic E-state index is 0. The van der Waals surface area contributed by atoms with Crippen molar-refractivity contribution >= 4 is 47.4 Å². The third kappa shape index (κ3) is 7.72. The van der Waals surface area contributed by atoms with Crippen molar-refractivity contribution in [3.05, 3.63) is 70.5 Å². The van der Waals surface area contributed by atoms with Gasteiger partial charge in [-0.05, 0) is 30.2 Å². The van der Waals surface area contributed by atoms with Gasteiger partial charge in [0.25, 0.3) is 5.91 Å². The molecule has 3 N–H and O–H groups in total. The van der Waals surface area contributed by atoms with Gasteiger partial charge in [0, 0.05) is 26.7 Å². The smallest absolute Gasteiger partial charge is 0.252 e. The van der Waals surface area contributed by atoms with E-state index in [0.717, 1.165) is 0 Å². The van der Waals surface area contributed by atoms with Gasteiger partial charge in [-0.1, -0.05) is 41.9 Å². The average molecular weight is 505 g/mol. The van der Waals surface area contributed by atoms with Crippen LogP contribution in [0, 0.1) is 5.82 Å². The first-order valence-corrected chi connectivity index (χ1v) is 8.70. The highest BCUT2D eigenvalue weighted by atomic mass is 127. The van der Waals surface area contributed by atoms with Crippen molar-refractivity contribution in [1.82, 2.24) is 16.0 Å². The van der Waals surface area contributed by atoms with Gasteiger partial charge >= 0.3 is 0 Å². The van der Waals surface area contributed by atoms with Crippen LogP contribution in [-0.2, 0) is 6.42 Å². The van der Waals surface area contributed by atoms with Gasteiger partial charge in [-0.3, -0.25) is 9.79 Å². The maximum absolute atomic E-state index is 13.6. The summed E-state index contributed by atoms with van der Waals surface area (Å²) in [6.45, 7) is 1.46. The van der Waals surface area contributed by atoms with Gasteiger partial charge in [-0.25, -0.2) is 4.39 Å². The average Bonchev–Trinajstić information content (AvgIpc) is 2.65. The van der Waals surface area contributed by atoms with E-state index in [0.29, 0.717) is 48.2 Å². The quantitative estimate of drug-likeness (QED) is 0.235. The molecule has 0 fully saturated rings. The molecule has 0 aliphatic carbocycles. The number of carbonyl (C=O) groups excluding carboxylic acids is 1. The Balaban J connectivity index is 0.00000364. The number of hydrogen-bond donors (Lipinski definition) is 3. The van der Waals surface area contributed by atoms with Crippen molar-refractivity contribution in [3.8, 4) is 0 Å². The molecule has 0 aliphatic heterocycles. The summed E-state index contributed by atoms with van der Waals surface area (Å²) in [5.41, 5.74) is 1.10. The van der Waals surface area contributed by atoms with Crippen molar-refractivity contribution in [2.45, 2.75) is 6.42 Å². The SMILES string of the molecule is CN=C(NCCNC(=O)c1ccccc1Cl)NCCc1ccccc1F.I. The Morgan fingerprint density at radius 2 is 1.63 bits per heavy atom. The molecule has 0 atom stereocenters. The van der Waals surface area contributed by atoms with Gasteiger partial charge in [-0.15, -0.1) is 24.0 Å². The number of rotatable bonds is 7. The summed E-state index contributed by atoms with van der Waals surface area (Å²) >= 11 is 5.99. The van der Waals surface area contributed by atoms with E-state index >= 15 is 0 Å². The molecule has 2 aromatic rings. The Morgan fingerprint density at radius 1 is 1.00 bits per heavy atom.